The summed E-state index contributed by atoms with van der Waals surface area (Å²) >= 11 is 5.96. The second-order valence-electron chi connectivity index (χ2n) is 8.03. The first kappa shape index (κ1) is 23.5. The number of hydrogen-bond donors (Lipinski definition) is 1. The summed E-state index contributed by atoms with van der Waals surface area (Å²) in [6.07, 6.45) is 0. The van der Waals surface area contributed by atoms with Crippen LogP contribution in [0.3, 0.4) is 0 Å². The number of benzene rings is 2. The molecule has 30 heavy (non-hydrogen) atoms. The Morgan fingerprint density at radius 1 is 1.03 bits per heavy atom. The second-order valence-corrected chi connectivity index (χ2v) is 8.46. The molecule has 0 saturated carbocycles. The van der Waals surface area contributed by atoms with Crippen LogP contribution in [0.2, 0.25) is 5.02 Å². The van der Waals surface area contributed by atoms with Crippen molar-refractivity contribution in [2.45, 2.75) is 45.8 Å². The van der Waals surface area contributed by atoms with Gasteiger partial charge >= 0.3 is 0 Å². The zero-order valence-corrected chi connectivity index (χ0v) is 18.8. The standard InChI is InChI=1S/C23H29ClN2O4/c1-16(22(28)25-23(2,3)4)26(14-17-6-8-18(24)9-7-17)21(27)15-30-20-12-10-19(29-5)11-13-20/h6-13,16H,14-15H2,1-5H3,(H,25,28). The van der Waals surface area contributed by atoms with Gasteiger partial charge in [-0.25, -0.2) is 0 Å². The van der Waals surface area contributed by atoms with Gasteiger partial charge in [0, 0.05) is 17.1 Å². The smallest absolute Gasteiger partial charge is 0.261 e. The van der Waals surface area contributed by atoms with Crippen molar-refractivity contribution in [3.63, 3.8) is 0 Å². The van der Waals surface area contributed by atoms with E-state index in [2.05, 4.69) is 5.32 Å². The highest BCUT2D eigenvalue weighted by Gasteiger charge is 2.28. The monoisotopic (exact) mass is 432 g/mol. The predicted octanol–water partition coefficient (Wildman–Crippen LogP) is 4.06. The van der Waals surface area contributed by atoms with Gasteiger partial charge in [0.1, 0.15) is 17.5 Å². The fourth-order valence-electron chi connectivity index (χ4n) is 2.74. The number of nitrogens with one attached hydrogen (secondary N) is 1. The Morgan fingerprint density at radius 2 is 1.60 bits per heavy atom. The van der Waals surface area contributed by atoms with Gasteiger partial charge in [0.15, 0.2) is 6.61 Å². The molecule has 0 aliphatic rings. The van der Waals surface area contributed by atoms with Gasteiger partial charge in [-0.05, 0) is 69.7 Å². The maximum atomic E-state index is 13.0. The molecule has 2 aromatic carbocycles. The Balaban J connectivity index is 2.14. The lowest BCUT2D eigenvalue weighted by Gasteiger charge is -2.31. The first-order valence-electron chi connectivity index (χ1n) is 9.72. The van der Waals surface area contributed by atoms with Crippen molar-refractivity contribution in [2.75, 3.05) is 13.7 Å². The number of methoxy groups -OCH3 is 1. The van der Waals surface area contributed by atoms with E-state index in [1.54, 1.807) is 50.4 Å². The van der Waals surface area contributed by atoms with E-state index in [1.165, 1.54) is 4.90 Å². The third kappa shape index (κ3) is 7.26. The Kier molecular flexibility index (Phi) is 8.12. The lowest BCUT2D eigenvalue weighted by molar-refractivity contribution is -0.142. The number of ether oxygens (including phenoxy) is 2. The molecule has 2 rings (SSSR count). The third-order valence-electron chi connectivity index (χ3n) is 4.35. The van der Waals surface area contributed by atoms with E-state index in [-0.39, 0.29) is 25.0 Å². The van der Waals surface area contributed by atoms with Crippen LogP contribution in [0.5, 0.6) is 11.5 Å². The number of rotatable bonds is 8. The molecule has 0 heterocycles. The summed E-state index contributed by atoms with van der Waals surface area (Å²) in [4.78, 5) is 27.2. The van der Waals surface area contributed by atoms with E-state index in [0.717, 1.165) is 5.56 Å². The molecule has 6 nitrogen and oxygen atoms in total. The van der Waals surface area contributed by atoms with Crippen molar-refractivity contribution >= 4 is 23.4 Å². The zero-order chi connectivity index (χ0) is 22.3. The van der Waals surface area contributed by atoms with Crippen LogP contribution in [0.4, 0.5) is 0 Å². The molecule has 2 aromatic rings. The number of hydrogen-bond acceptors (Lipinski definition) is 4. The van der Waals surface area contributed by atoms with E-state index in [0.29, 0.717) is 16.5 Å². The first-order chi connectivity index (χ1) is 14.1. The number of carbonyl (C=O) groups is 2. The Hall–Kier alpha value is -2.73. The Morgan fingerprint density at radius 3 is 2.13 bits per heavy atom. The summed E-state index contributed by atoms with van der Waals surface area (Å²) in [5.41, 5.74) is 0.465. The van der Waals surface area contributed by atoms with Crippen LogP contribution < -0.4 is 14.8 Å². The normalized spacial score (nSPS) is 12.1. The molecule has 0 aliphatic carbocycles. The molecule has 0 fully saturated rings. The summed E-state index contributed by atoms with van der Waals surface area (Å²) < 4.78 is 10.8. The maximum Gasteiger partial charge on any atom is 0.261 e. The summed E-state index contributed by atoms with van der Waals surface area (Å²) in [6.45, 7) is 7.48. The Labute approximate surface area is 183 Å². The van der Waals surface area contributed by atoms with Gasteiger partial charge in [0.25, 0.3) is 5.91 Å². The molecule has 0 aromatic heterocycles. The Bertz CT molecular complexity index is 845. The molecule has 0 bridgehead atoms. The molecule has 7 heteroatoms. The van der Waals surface area contributed by atoms with Crippen LogP contribution in [0, 0.1) is 0 Å². The molecule has 0 radical (unpaired) electrons. The average molecular weight is 433 g/mol. The van der Waals surface area contributed by atoms with Crippen LogP contribution in [-0.4, -0.2) is 42.0 Å². The predicted molar refractivity (Wildman–Crippen MR) is 118 cm³/mol. The molecular weight excluding hydrogens is 404 g/mol. The minimum Gasteiger partial charge on any atom is -0.497 e. The van der Waals surface area contributed by atoms with Crippen LogP contribution in [0.1, 0.15) is 33.3 Å². The minimum atomic E-state index is -0.674. The van der Waals surface area contributed by atoms with Crippen molar-refractivity contribution in [2.24, 2.45) is 0 Å². The van der Waals surface area contributed by atoms with Gasteiger partial charge in [-0.3, -0.25) is 9.59 Å². The molecule has 0 aliphatic heterocycles. The third-order valence-corrected chi connectivity index (χ3v) is 4.61. The number of nitrogens with zero attached hydrogens (tertiary/aromatic N) is 1. The largest absolute Gasteiger partial charge is 0.497 e. The van der Waals surface area contributed by atoms with Gasteiger partial charge in [-0.2, -0.15) is 0 Å². The highest BCUT2D eigenvalue weighted by Crippen LogP contribution is 2.18. The van der Waals surface area contributed by atoms with Crippen LogP contribution in [-0.2, 0) is 16.1 Å². The fraction of sp³-hybridized carbons (Fsp3) is 0.391. The SMILES string of the molecule is COc1ccc(OCC(=O)N(Cc2ccc(Cl)cc2)C(C)C(=O)NC(C)(C)C)cc1. The van der Waals surface area contributed by atoms with Crippen molar-refractivity contribution in [3.8, 4) is 11.5 Å². The second kappa shape index (κ2) is 10.3. The van der Waals surface area contributed by atoms with Crippen LogP contribution in [0.25, 0.3) is 0 Å². The number of halogens is 1. The van der Waals surface area contributed by atoms with Gasteiger partial charge in [0.2, 0.25) is 5.91 Å². The summed E-state index contributed by atoms with van der Waals surface area (Å²) in [7, 11) is 1.58. The van der Waals surface area contributed by atoms with E-state index < -0.39 is 11.6 Å². The molecule has 162 valence electrons. The summed E-state index contributed by atoms with van der Waals surface area (Å²) in [6, 6.07) is 13.5. The first-order valence-corrected chi connectivity index (χ1v) is 10.1. The van der Waals surface area contributed by atoms with Crippen molar-refractivity contribution in [3.05, 3.63) is 59.1 Å². The van der Waals surface area contributed by atoms with Gasteiger partial charge in [-0.1, -0.05) is 23.7 Å². The van der Waals surface area contributed by atoms with Crippen molar-refractivity contribution in [1.82, 2.24) is 10.2 Å². The van der Waals surface area contributed by atoms with E-state index >= 15 is 0 Å². The minimum absolute atomic E-state index is 0.187. The van der Waals surface area contributed by atoms with Crippen molar-refractivity contribution in [1.29, 1.82) is 0 Å². The maximum absolute atomic E-state index is 13.0. The van der Waals surface area contributed by atoms with Crippen LogP contribution >= 0.6 is 11.6 Å². The van der Waals surface area contributed by atoms with Crippen molar-refractivity contribution < 1.29 is 19.1 Å². The fourth-order valence-corrected chi connectivity index (χ4v) is 2.87. The molecule has 1 atom stereocenters. The molecule has 0 spiro atoms. The lowest BCUT2D eigenvalue weighted by atomic mass is 10.1. The summed E-state index contributed by atoms with van der Waals surface area (Å²) in [5, 5.41) is 3.54. The highest BCUT2D eigenvalue weighted by atomic mass is 35.5. The number of amides is 2. The molecule has 1 N–H and O–H groups in total. The quantitative estimate of drug-likeness (QED) is 0.683. The number of carbonyl (C=O) groups excluding carboxylic acids is 2. The highest BCUT2D eigenvalue weighted by molar-refractivity contribution is 6.30. The molecular formula is C23H29ClN2O4. The van der Waals surface area contributed by atoms with Crippen LogP contribution in [0.15, 0.2) is 48.5 Å². The molecule has 1 unspecified atom stereocenters. The van der Waals surface area contributed by atoms with E-state index in [4.69, 9.17) is 21.1 Å². The van der Waals surface area contributed by atoms with Gasteiger partial charge in [-0.15, -0.1) is 0 Å². The van der Waals surface area contributed by atoms with Gasteiger partial charge < -0.3 is 19.7 Å². The average Bonchev–Trinajstić information content (AvgIpc) is 2.70. The zero-order valence-electron chi connectivity index (χ0n) is 18.1. The van der Waals surface area contributed by atoms with E-state index in [1.807, 2.05) is 32.9 Å². The molecule has 0 saturated heterocycles. The van der Waals surface area contributed by atoms with E-state index in [9.17, 15) is 9.59 Å². The topological polar surface area (TPSA) is 67.9 Å². The lowest BCUT2D eigenvalue weighted by Crippen LogP contribution is -2.53. The summed E-state index contributed by atoms with van der Waals surface area (Å²) in [5.74, 6) is 0.722. The molecule has 2 amide bonds. The van der Waals surface area contributed by atoms with Gasteiger partial charge in [0.05, 0.1) is 7.11 Å².